The molecule has 1 aromatic heterocycles. The van der Waals surface area contributed by atoms with Gasteiger partial charge in [-0.15, -0.1) is 0 Å². The number of nitrogens with zero attached hydrogens (tertiary/aromatic N) is 6. The van der Waals surface area contributed by atoms with Gasteiger partial charge in [0.15, 0.2) is 0 Å². The normalized spacial score (nSPS) is 13.4. The van der Waals surface area contributed by atoms with Crippen LogP contribution in [0.15, 0.2) is 72.9 Å². The summed E-state index contributed by atoms with van der Waals surface area (Å²) >= 11 is 0. The lowest BCUT2D eigenvalue weighted by atomic mass is 10.1. The lowest BCUT2D eigenvalue weighted by Crippen LogP contribution is -2.48. The molecule has 0 radical (unpaired) electrons. The van der Waals surface area contributed by atoms with Gasteiger partial charge in [-0.05, 0) is 75.5 Å². The first kappa shape index (κ1) is 32.5. The number of rotatable bonds is 11. The van der Waals surface area contributed by atoms with Crippen LogP contribution >= 0.6 is 0 Å². The first-order chi connectivity index (χ1) is 22.2. The third kappa shape index (κ3) is 7.85. The molecule has 46 heavy (non-hydrogen) atoms. The molecule has 0 atom stereocenters. The van der Waals surface area contributed by atoms with E-state index >= 15 is 0 Å². The lowest BCUT2D eigenvalue weighted by molar-refractivity contribution is 0.209. The Balaban J connectivity index is 1.36. The molecule has 0 saturated carbocycles. The predicted molar refractivity (Wildman–Crippen MR) is 183 cm³/mol. The summed E-state index contributed by atoms with van der Waals surface area (Å²) < 4.78 is 17.0. The number of benzene rings is 3. The fourth-order valence-electron chi connectivity index (χ4n) is 5.37. The summed E-state index contributed by atoms with van der Waals surface area (Å²) in [7, 11) is 7.34. The first-order valence-electron chi connectivity index (χ1n) is 15.4. The standard InChI is InChI=1S/C35H43N7O4/c1-25-8-7-9-26(2)33(25)46-35(43)42(30-15-14-29(44-5)24-31(30)45-6)32-16-17-36-34(38-32)37-27-10-12-28(13-11-27)41-22-20-40(21-23-41)19-18-39(3)4/h7-17,24H,18-23H2,1-6H3,(H,36,37,38). The number of hydrogen-bond donors (Lipinski definition) is 1. The molecule has 4 aromatic rings. The lowest BCUT2D eigenvalue weighted by Gasteiger charge is -2.36. The van der Waals surface area contributed by atoms with Gasteiger partial charge in [-0.2, -0.15) is 4.98 Å². The minimum atomic E-state index is -0.642. The van der Waals surface area contributed by atoms with Crippen LogP contribution in [-0.4, -0.2) is 93.4 Å². The Morgan fingerprint density at radius 2 is 1.63 bits per heavy atom. The zero-order valence-electron chi connectivity index (χ0n) is 27.5. The molecule has 3 aromatic carbocycles. The molecular weight excluding hydrogens is 582 g/mol. The molecule has 0 unspecified atom stereocenters. The van der Waals surface area contributed by atoms with E-state index in [1.807, 2.05) is 44.2 Å². The van der Waals surface area contributed by atoms with Crippen molar-refractivity contribution in [1.82, 2.24) is 19.8 Å². The molecule has 1 saturated heterocycles. The number of aromatic nitrogens is 2. The third-order valence-corrected chi connectivity index (χ3v) is 8.00. The van der Waals surface area contributed by atoms with Crippen LogP contribution in [0.4, 0.5) is 33.6 Å². The zero-order valence-corrected chi connectivity index (χ0v) is 27.5. The Bertz CT molecular complexity index is 1600. The van der Waals surface area contributed by atoms with Crippen LogP contribution in [0, 0.1) is 13.8 Å². The van der Waals surface area contributed by atoms with Crippen LogP contribution in [0.25, 0.3) is 0 Å². The highest BCUT2D eigenvalue weighted by Crippen LogP contribution is 2.37. The van der Waals surface area contributed by atoms with Gasteiger partial charge in [-0.3, -0.25) is 4.90 Å². The number of piperazine rings is 1. The van der Waals surface area contributed by atoms with E-state index in [9.17, 15) is 4.79 Å². The Kier molecular flexibility index (Phi) is 10.6. The summed E-state index contributed by atoms with van der Waals surface area (Å²) in [6.45, 7) is 10.1. The number of amides is 1. The molecule has 1 aliphatic rings. The maximum atomic E-state index is 13.9. The summed E-state index contributed by atoms with van der Waals surface area (Å²) in [6.07, 6.45) is 0.959. The molecule has 1 fully saturated rings. The number of ether oxygens (including phenoxy) is 3. The minimum absolute atomic E-state index is 0.306. The monoisotopic (exact) mass is 625 g/mol. The molecule has 0 spiro atoms. The molecule has 242 valence electrons. The number of carbonyl (C=O) groups excluding carboxylic acids is 1. The highest BCUT2D eigenvalue weighted by molar-refractivity contribution is 5.98. The van der Waals surface area contributed by atoms with Crippen molar-refractivity contribution in [2.75, 3.05) is 82.7 Å². The summed E-state index contributed by atoms with van der Waals surface area (Å²) in [4.78, 5) is 31.6. The number of nitrogens with one attached hydrogen (secondary N) is 1. The molecule has 1 amide bonds. The SMILES string of the molecule is COc1ccc(N(C(=O)Oc2c(C)cccc2C)c2ccnc(Nc3ccc(N4CCN(CCN(C)C)CC4)cc3)n2)c(OC)c1. The van der Waals surface area contributed by atoms with Crippen molar-refractivity contribution >= 4 is 34.9 Å². The fourth-order valence-corrected chi connectivity index (χ4v) is 5.37. The van der Waals surface area contributed by atoms with Crippen LogP contribution in [0.5, 0.6) is 17.2 Å². The maximum Gasteiger partial charge on any atom is 0.425 e. The van der Waals surface area contributed by atoms with E-state index in [2.05, 4.69) is 51.2 Å². The second-order valence-corrected chi connectivity index (χ2v) is 11.5. The van der Waals surface area contributed by atoms with Crippen molar-refractivity contribution in [2.24, 2.45) is 0 Å². The summed E-state index contributed by atoms with van der Waals surface area (Å²) in [5.41, 5.74) is 4.14. The van der Waals surface area contributed by atoms with Gasteiger partial charge in [0.05, 0.1) is 19.9 Å². The van der Waals surface area contributed by atoms with Gasteiger partial charge in [0, 0.05) is 69.0 Å². The van der Waals surface area contributed by atoms with Gasteiger partial charge >= 0.3 is 6.09 Å². The Morgan fingerprint density at radius 3 is 2.28 bits per heavy atom. The molecule has 5 rings (SSSR count). The van der Waals surface area contributed by atoms with Crippen molar-refractivity contribution in [3.8, 4) is 17.2 Å². The van der Waals surface area contributed by atoms with Crippen molar-refractivity contribution in [2.45, 2.75) is 13.8 Å². The van der Waals surface area contributed by atoms with E-state index in [0.29, 0.717) is 34.7 Å². The first-order valence-corrected chi connectivity index (χ1v) is 15.4. The number of hydrogen-bond acceptors (Lipinski definition) is 10. The molecule has 11 nitrogen and oxygen atoms in total. The van der Waals surface area contributed by atoms with Crippen LogP contribution in [0.2, 0.25) is 0 Å². The Hall–Kier alpha value is -4.87. The van der Waals surface area contributed by atoms with Crippen molar-refractivity contribution in [3.05, 3.63) is 84.1 Å². The van der Waals surface area contributed by atoms with E-state index in [1.165, 1.54) is 17.7 Å². The van der Waals surface area contributed by atoms with Gasteiger partial charge in [0.2, 0.25) is 5.95 Å². The van der Waals surface area contributed by atoms with Crippen molar-refractivity contribution < 1.29 is 19.0 Å². The van der Waals surface area contributed by atoms with Crippen LogP contribution < -0.4 is 29.3 Å². The average Bonchev–Trinajstić information content (AvgIpc) is 3.06. The second kappa shape index (κ2) is 14.9. The van der Waals surface area contributed by atoms with Gasteiger partial charge in [0.1, 0.15) is 23.1 Å². The van der Waals surface area contributed by atoms with E-state index < -0.39 is 6.09 Å². The molecular formula is C35H43N7O4. The minimum Gasteiger partial charge on any atom is -0.497 e. The molecule has 2 heterocycles. The summed E-state index contributed by atoms with van der Waals surface area (Å²) in [5, 5.41) is 3.29. The number of methoxy groups -OCH3 is 2. The average molecular weight is 626 g/mol. The number of carbonyl (C=O) groups is 1. The summed E-state index contributed by atoms with van der Waals surface area (Å²) in [6, 6.07) is 20.8. The van der Waals surface area contributed by atoms with Gasteiger partial charge < -0.3 is 29.3 Å². The highest BCUT2D eigenvalue weighted by atomic mass is 16.6. The quantitative estimate of drug-likeness (QED) is 0.218. The second-order valence-electron chi connectivity index (χ2n) is 11.5. The van der Waals surface area contributed by atoms with E-state index in [1.54, 1.807) is 37.6 Å². The fraction of sp³-hybridized carbons (Fsp3) is 0.343. The smallest absolute Gasteiger partial charge is 0.425 e. The van der Waals surface area contributed by atoms with E-state index in [0.717, 1.165) is 56.1 Å². The maximum absolute atomic E-state index is 13.9. The van der Waals surface area contributed by atoms with Gasteiger partial charge in [-0.25, -0.2) is 14.7 Å². The number of aryl methyl sites for hydroxylation is 2. The molecule has 1 N–H and O–H groups in total. The number of likely N-dealkylation sites (N-methyl/N-ethyl adjacent to an activating group) is 1. The van der Waals surface area contributed by atoms with Crippen LogP contribution in [0.3, 0.4) is 0 Å². The Labute approximate surface area is 271 Å². The zero-order chi connectivity index (χ0) is 32.6. The predicted octanol–water partition coefficient (Wildman–Crippen LogP) is 5.87. The van der Waals surface area contributed by atoms with Crippen LogP contribution in [-0.2, 0) is 0 Å². The van der Waals surface area contributed by atoms with Gasteiger partial charge in [0.25, 0.3) is 0 Å². The molecule has 1 aliphatic heterocycles. The van der Waals surface area contributed by atoms with Crippen molar-refractivity contribution in [1.29, 1.82) is 0 Å². The number of para-hydroxylation sites is 1. The van der Waals surface area contributed by atoms with Crippen LogP contribution in [0.1, 0.15) is 11.1 Å². The summed E-state index contributed by atoms with van der Waals surface area (Å²) in [5.74, 6) is 2.13. The molecule has 11 heteroatoms. The molecule has 0 aliphatic carbocycles. The Morgan fingerprint density at radius 1 is 0.913 bits per heavy atom. The largest absolute Gasteiger partial charge is 0.497 e. The van der Waals surface area contributed by atoms with E-state index in [-0.39, 0.29) is 0 Å². The highest BCUT2D eigenvalue weighted by Gasteiger charge is 2.27. The topological polar surface area (TPSA) is 95.5 Å². The molecule has 0 bridgehead atoms. The van der Waals surface area contributed by atoms with Crippen molar-refractivity contribution in [3.63, 3.8) is 0 Å². The number of anilines is 5. The third-order valence-electron chi connectivity index (χ3n) is 8.00. The van der Waals surface area contributed by atoms with E-state index in [4.69, 9.17) is 19.2 Å². The van der Waals surface area contributed by atoms with Gasteiger partial charge in [-0.1, -0.05) is 18.2 Å².